The van der Waals surface area contributed by atoms with Crippen LogP contribution in [0.25, 0.3) is 10.8 Å². The fourth-order valence-corrected chi connectivity index (χ4v) is 3.79. The summed E-state index contributed by atoms with van der Waals surface area (Å²) < 4.78 is 1.34. The topological polar surface area (TPSA) is 58.4 Å². The molecular formula is C20H28N4O2. The van der Waals surface area contributed by atoms with Gasteiger partial charge in [-0.05, 0) is 33.0 Å². The zero-order valence-corrected chi connectivity index (χ0v) is 15.9. The summed E-state index contributed by atoms with van der Waals surface area (Å²) in [6.07, 6.45) is 4.79. The van der Waals surface area contributed by atoms with Gasteiger partial charge in [0.25, 0.3) is 5.56 Å². The molecule has 0 bridgehead atoms. The number of rotatable bonds is 6. The van der Waals surface area contributed by atoms with E-state index in [1.165, 1.54) is 17.5 Å². The molecule has 140 valence electrons. The number of likely N-dealkylation sites (N-methyl/N-ethyl adjacent to an activating group) is 1. The summed E-state index contributed by atoms with van der Waals surface area (Å²) in [5, 5.41) is 5.79. The van der Waals surface area contributed by atoms with Gasteiger partial charge >= 0.3 is 0 Å². The van der Waals surface area contributed by atoms with Crippen molar-refractivity contribution in [3.05, 3.63) is 40.3 Å². The van der Waals surface area contributed by atoms with Crippen LogP contribution in [0.3, 0.4) is 0 Å². The number of carbonyl (C=O) groups excluding carboxylic acids is 1. The second kappa shape index (κ2) is 7.99. The van der Waals surface area contributed by atoms with Crippen LogP contribution in [0, 0.1) is 0 Å². The first-order valence-corrected chi connectivity index (χ1v) is 9.36. The Balaban J connectivity index is 1.88. The summed E-state index contributed by atoms with van der Waals surface area (Å²) in [6.45, 7) is 1.59. The lowest BCUT2D eigenvalue weighted by Crippen LogP contribution is -2.43. The average molecular weight is 356 g/mol. The Kier molecular flexibility index (Phi) is 5.71. The largest absolute Gasteiger partial charge is 0.338 e. The molecule has 0 radical (unpaired) electrons. The van der Waals surface area contributed by atoms with Crippen molar-refractivity contribution >= 4 is 16.7 Å². The fraction of sp³-hybridized carbons (Fsp3) is 0.550. The predicted octanol–water partition coefficient (Wildman–Crippen LogP) is 1.81. The average Bonchev–Trinajstić information content (AvgIpc) is 3.13. The zero-order chi connectivity index (χ0) is 18.7. The van der Waals surface area contributed by atoms with E-state index in [9.17, 15) is 9.59 Å². The van der Waals surface area contributed by atoms with Gasteiger partial charge in [-0.15, -0.1) is 0 Å². The molecule has 3 rings (SSSR count). The Morgan fingerprint density at radius 1 is 1.15 bits per heavy atom. The maximum absolute atomic E-state index is 13.1. The molecule has 1 heterocycles. The van der Waals surface area contributed by atoms with Crippen molar-refractivity contribution in [2.45, 2.75) is 38.1 Å². The van der Waals surface area contributed by atoms with Gasteiger partial charge in [-0.2, -0.15) is 5.10 Å². The van der Waals surface area contributed by atoms with Gasteiger partial charge in [-0.3, -0.25) is 9.59 Å². The number of hydrogen-bond acceptors (Lipinski definition) is 4. The van der Waals surface area contributed by atoms with Crippen LogP contribution in [0.2, 0.25) is 0 Å². The first kappa shape index (κ1) is 18.6. The monoisotopic (exact) mass is 356 g/mol. The van der Waals surface area contributed by atoms with E-state index >= 15 is 0 Å². The van der Waals surface area contributed by atoms with E-state index in [1.807, 2.05) is 37.2 Å². The van der Waals surface area contributed by atoms with E-state index in [0.717, 1.165) is 31.3 Å². The quantitative estimate of drug-likeness (QED) is 0.792. The van der Waals surface area contributed by atoms with Crippen LogP contribution in [0.15, 0.2) is 29.1 Å². The molecule has 0 unspecified atom stereocenters. The number of fused-ring (bicyclic) bond motifs is 1. The van der Waals surface area contributed by atoms with Crippen molar-refractivity contribution < 1.29 is 4.79 Å². The third-order valence-corrected chi connectivity index (χ3v) is 5.23. The third kappa shape index (κ3) is 3.96. The van der Waals surface area contributed by atoms with E-state index in [2.05, 4.69) is 10.00 Å². The van der Waals surface area contributed by atoms with Gasteiger partial charge in [0.1, 0.15) is 0 Å². The molecule has 0 spiro atoms. The highest BCUT2D eigenvalue weighted by Gasteiger charge is 2.27. The van der Waals surface area contributed by atoms with Crippen LogP contribution >= 0.6 is 0 Å². The standard InChI is InChI=1S/C20H28N4O2/c1-22(2)12-13-24(15-8-4-5-9-15)19(25)14-18-16-10-6-7-11-17(16)20(26)23(3)21-18/h6-7,10-11,15H,4-5,8-9,12-14H2,1-3H3. The summed E-state index contributed by atoms with van der Waals surface area (Å²) in [5.41, 5.74) is 0.553. The van der Waals surface area contributed by atoms with Crippen LogP contribution in [0.1, 0.15) is 31.4 Å². The molecule has 6 heteroatoms. The molecule has 26 heavy (non-hydrogen) atoms. The van der Waals surface area contributed by atoms with Crippen molar-refractivity contribution in [2.24, 2.45) is 7.05 Å². The third-order valence-electron chi connectivity index (χ3n) is 5.23. The minimum atomic E-state index is -0.128. The molecule has 1 amide bonds. The molecule has 0 aliphatic heterocycles. The zero-order valence-electron chi connectivity index (χ0n) is 15.9. The van der Waals surface area contributed by atoms with Crippen molar-refractivity contribution in [3.8, 4) is 0 Å². The molecule has 6 nitrogen and oxygen atoms in total. The highest BCUT2D eigenvalue weighted by Crippen LogP contribution is 2.24. The normalized spacial score (nSPS) is 15.1. The molecule has 1 fully saturated rings. The van der Waals surface area contributed by atoms with E-state index in [4.69, 9.17) is 0 Å². The van der Waals surface area contributed by atoms with Crippen LogP contribution in [0.4, 0.5) is 0 Å². The number of aromatic nitrogens is 2. The smallest absolute Gasteiger partial charge is 0.274 e. The predicted molar refractivity (Wildman–Crippen MR) is 103 cm³/mol. The number of amides is 1. The van der Waals surface area contributed by atoms with Gasteiger partial charge in [-0.25, -0.2) is 4.68 Å². The molecule has 0 atom stereocenters. The lowest BCUT2D eigenvalue weighted by molar-refractivity contribution is -0.132. The Hall–Kier alpha value is -2.21. The Morgan fingerprint density at radius 2 is 1.81 bits per heavy atom. The lowest BCUT2D eigenvalue weighted by atomic mass is 10.1. The fourth-order valence-electron chi connectivity index (χ4n) is 3.79. The van der Waals surface area contributed by atoms with Crippen molar-refractivity contribution in [1.82, 2.24) is 19.6 Å². The molecule has 2 aromatic rings. The van der Waals surface area contributed by atoms with Gasteiger partial charge in [-0.1, -0.05) is 31.0 Å². The van der Waals surface area contributed by atoms with Crippen LogP contribution in [-0.2, 0) is 18.3 Å². The van der Waals surface area contributed by atoms with Crippen LogP contribution in [-0.4, -0.2) is 58.7 Å². The maximum atomic E-state index is 13.1. The Labute approximate surface area is 154 Å². The highest BCUT2D eigenvalue weighted by molar-refractivity contribution is 5.88. The molecule has 1 saturated carbocycles. The summed E-state index contributed by atoms with van der Waals surface area (Å²) in [6, 6.07) is 7.75. The molecule has 1 aliphatic rings. The summed E-state index contributed by atoms with van der Waals surface area (Å²) in [7, 11) is 5.70. The number of benzene rings is 1. The molecule has 1 aliphatic carbocycles. The van der Waals surface area contributed by atoms with Gasteiger partial charge in [0, 0.05) is 31.6 Å². The molecule has 1 aromatic heterocycles. The second-order valence-corrected chi connectivity index (χ2v) is 7.43. The molecule has 0 N–H and O–H groups in total. The van der Waals surface area contributed by atoms with Gasteiger partial charge < -0.3 is 9.80 Å². The number of aryl methyl sites for hydroxylation is 1. The SMILES string of the molecule is CN(C)CCN(C(=O)Cc1nn(C)c(=O)c2ccccc12)C1CCCC1. The van der Waals surface area contributed by atoms with Crippen LogP contribution in [0.5, 0.6) is 0 Å². The van der Waals surface area contributed by atoms with E-state index in [1.54, 1.807) is 13.1 Å². The van der Waals surface area contributed by atoms with Gasteiger partial charge in [0.15, 0.2) is 0 Å². The first-order chi connectivity index (χ1) is 12.5. The Morgan fingerprint density at radius 3 is 2.46 bits per heavy atom. The second-order valence-electron chi connectivity index (χ2n) is 7.43. The molecule has 0 saturated heterocycles. The highest BCUT2D eigenvalue weighted by atomic mass is 16.2. The minimum absolute atomic E-state index is 0.107. The van der Waals surface area contributed by atoms with E-state index in [0.29, 0.717) is 17.1 Å². The lowest BCUT2D eigenvalue weighted by Gasteiger charge is -2.30. The van der Waals surface area contributed by atoms with Crippen molar-refractivity contribution in [1.29, 1.82) is 0 Å². The van der Waals surface area contributed by atoms with E-state index in [-0.39, 0.29) is 17.9 Å². The van der Waals surface area contributed by atoms with Crippen molar-refractivity contribution in [2.75, 3.05) is 27.2 Å². The number of hydrogen-bond donors (Lipinski definition) is 0. The first-order valence-electron chi connectivity index (χ1n) is 9.36. The number of carbonyl (C=O) groups is 1. The molecular weight excluding hydrogens is 328 g/mol. The van der Waals surface area contributed by atoms with E-state index < -0.39 is 0 Å². The minimum Gasteiger partial charge on any atom is -0.338 e. The van der Waals surface area contributed by atoms with Crippen molar-refractivity contribution in [3.63, 3.8) is 0 Å². The number of nitrogens with zero attached hydrogens (tertiary/aromatic N) is 4. The Bertz CT molecular complexity index is 837. The van der Waals surface area contributed by atoms with Gasteiger partial charge in [0.2, 0.25) is 5.91 Å². The van der Waals surface area contributed by atoms with Gasteiger partial charge in [0.05, 0.1) is 17.5 Å². The van der Waals surface area contributed by atoms with Crippen LogP contribution < -0.4 is 5.56 Å². The summed E-state index contributed by atoms with van der Waals surface area (Å²) in [4.78, 5) is 29.6. The summed E-state index contributed by atoms with van der Waals surface area (Å²) >= 11 is 0. The summed E-state index contributed by atoms with van der Waals surface area (Å²) in [5.74, 6) is 0.107. The maximum Gasteiger partial charge on any atom is 0.274 e. The molecule has 1 aromatic carbocycles.